The quantitative estimate of drug-likeness (QED) is 0.861. The van der Waals surface area contributed by atoms with Crippen LogP contribution in [0.2, 0.25) is 5.02 Å². The lowest BCUT2D eigenvalue weighted by molar-refractivity contribution is 0.577. The van der Waals surface area contributed by atoms with E-state index in [9.17, 15) is 5.02 Å². The van der Waals surface area contributed by atoms with Gasteiger partial charge in [0.15, 0.2) is 0 Å². The van der Waals surface area contributed by atoms with Gasteiger partial charge < -0.3 is 5.02 Å². The molecule has 3 nitrogen and oxygen atoms in total. The van der Waals surface area contributed by atoms with Crippen molar-refractivity contribution in [3.8, 4) is 0 Å². The van der Waals surface area contributed by atoms with Gasteiger partial charge in [-0.05, 0) is 41.7 Å². The molecule has 0 saturated carbocycles. The molecule has 2 aromatic carbocycles. The molecule has 0 spiro atoms. The van der Waals surface area contributed by atoms with Gasteiger partial charge in [-0.1, -0.05) is 42.8 Å². The van der Waals surface area contributed by atoms with Gasteiger partial charge in [-0.15, -0.1) is 0 Å². The lowest BCUT2D eigenvalue weighted by Gasteiger charge is -2.29. The van der Waals surface area contributed by atoms with Crippen LogP contribution in [0.15, 0.2) is 53.6 Å². The van der Waals surface area contributed by atoms with E-state index in [1.807, 2.05) is 36.4 Å². The zero-order valence-electron chi connectivity index (χ0n) is 11.1. The molecule has 0 bridgehead atoms. The first-order valence-corrected chi connectivity index (χ1v) is 6.98. The molecular formula is C15H14BClN2O. The molecule has 0 aromatic heterocycles. The van der Waals surface area contributed by atoms with Gasteiger partial charge in [-0.3, -0.25) is 4.92 Å². The Hall–Kier alpha value is -1.78. The highest BCUT2D eigenvalue weighted by Gasteiger charge is 2.32. The van der Waals surface area contributed by atoms with Crippen molar-refractivity contribution in [3.63, 3.8) is 0 Å². The highest BCUT2D eigenvalue weighted by Crippen LogP contribution is 2.22. The highest BCUT2D eigenvalue weighted by molar-refractivity contribution is 6.72. The Labute approximate surface area is 123 Å². The third kappa shape index (κ3) is 2.21. The number of hydrogen-bond donors (Lipinski definition) is 1. The number of hydrogen-bond acceptors (Lipinski definition) is 3. The number of hydrazone groups is 1. The van der Waals surface area contributed by atoms with Crippen molar-refractivity contribution < 1.29 is 5.02 Å². The van der Waals surface area contributed by atoms with Gasteiger partial charge in [0.25, 0.3) is 0 Å². The molecular weight excluding hydrogens is 270 g/mol. The first kappa shape index (κ1) is 13.2. The fourth-order valence-electron chi connectivity index (χ4n) is 2.41. The Kier molecular flexibility index (Phi) is 3.51. The summed E-state index contributed by atoms with van der Waals surface area (Å²) < 4.78 is 0. The largest absolute Gasteiger partial charge is 0.471 e. The fraction of sp³-hybridized carbons (Fsp3) is 0.133. The molecule has 1 N–H and O–H groups in total. The van der Waals surface area contributed by atoms with E-state index in [-0.39, 0.29) is 0 Å². The van der Waals surface area contributed by atoms with Crippen molar-refractivity contribution in [2.75, 3.05) is 4.92 Å². The number of fused-ring (bicyclic) bond motifs is 1. The third-order valence-electron chi connectivity index (χ3n) is 3.44. The van der Waals surface area contributed by atoms with Crippen LogP contribution >= 0.6 is 11.6 Å². The third-order valence-corrected chi connectivity index (χ3v) is 3.69. The number of nitrogens with zero attached hydrogens (tertiary/aromatic N) is 2. The monoisotopic (exact) mass is 284 g/mol. The molecule has 1 heterocycles. The average Bonchev–Trinajstić information content (AvgIpc) is 2.49. The molecule has 0 saturated heterocycles. The van der Waals surface area contributed by atoms with E-state index in [2.05, 4.69) is 12.0 Å². The topological polar surface area (TPSA) is 35.8 Å². The second-order valence-electron chi connectivity index (χ2n) is 4.68. The normalized spacial score (nSPS) is 14.1. The van der Waals surface area contributed by atoms with Crippen LogP contribution in [0.25, 0.3) is 0 Å². The molecule has 1 aliphatic rings. The van der Waals surface area contributed by atoms with E-state index in [0.717, 1.165) is 28.8 Å². The first-order chi connectivity index (χ1) is 9.70. The van der Waals surface area contributed by atoms with Gasteiger partial charge in [0, 0.05) is 10.7 Å². The van der Waals surface area contributed by atoms with Gasteiger partial charge in [0.2, 0.25) is 0 Å². The van der Waals surface area contributed by atoms with Crippen LogP contribution in [-0.4, -0.2) is 17.8 Å². The van der Waals surface area contributed by atoms with Gasteiger partial charge in [0.1, 0.15) is 0 Å². The maximum Gasteiger partial charge on any atom is 0.471 e. The van der Waals surface area contributed by atoms with Crippen molar-refractivity contribution in [2.45, 2.75) is 13.3 Å². The van der Waals surface area contributed by atoms with E-state index in [1.54, 1.807) is 17.1 Å². The Balaban J connectivity index is 2.08. The summed E-state index contributed by atoms with van der Waals surface area (Å²) in [7, 11) is -0.775. The van der Waals surface area contributed by atoms with Crippen molar-refractivity contribution in [1.82, 2.24) is 0 Å². The molecule has 0 unspecified atom stereocenters. The number of anilines is 1. The fourth-order valence-corrected chi connectivity index (χ4v) is 2.54. The van der Waals surface area contributed by atoms with Crippen molar-refractivity contribution in [1.29, 1.82) is 0 Å². The Morgan fingerprint density at radius 1 is 1.15 bits per heavy atom. The minimum atomic E-state index is -0.775. The predicted octanol–water partition coefficient (Wildman–Crippen LogP) is 2.66. The molecule has 5 heteroatoms. The van der Waals surface area contributed by atoms with Crippen LogP contribution < -0.4 is 10.4 Å². The number of benzene rings is 2. The van der Waals surface area contributed by atoms with Crippen LogP contribution in [0.1, 0.15) is 18.9 Å². The van der Waals surface area contributed by atoms with E-state index in [4.69, 9.17) is 11.6 Å². The van der Waals surface area contributed by atoms with Crippen molar-refractivity contribution >= 4 is 35.5 Å². The van der Waals surface area contributed by atoms with Gasteiger partial charge in [0.05, 0.1) is 5.71 Å². The van der Waals surface area contributed by atoms with Gasteiger partial charge >= 0.3 is 7.05 Å². The van der Waals surface area contributed by atoms with E-state index >= 15 is 0 Å². The summed E-state index contributed by atoms with van der Waals surface area (Å²) in [5.74, 6) is 0. The zero-order chi connectivity index (χ0) is 14.1. The molecule has 0 atom stereocenters. The minimum absolute atomic E-state index is 0.667. The van der Waals surface area contributed by atoms with E-state index in [0.29, 0.717) is 5.02 Å². The van der Waals surface area contributed by atoms with Crippen LogP contribution in [-0.2, 0) is 0 Å². The molecule has 0 fully saturated rings. The van der Waals surface area contributed by atoms with E-state index in [1.165, 1.54) is 0 Å². The SMILES string of the molecule is CCC1=NN(c2ccc(Cl)cc2)B(O)c2ccccc21. The molecule has 100 valence electrons. The second kappa shape index (κ2) is 5.31. The van der Waals surface area contributed by atoms with Crippen molar-refractivity contribution in [3.05, 3.63) is 59.1 Å². The first-order valence-electron chi connectivity index (χ1n) is 6.60. The predicted molar refractivity (Wildman–Crippen MR) is 84.8 cm³/mol. The number of halogens is 1. The van der Waals surface area contributed by atoms with E-state index < -0.39 is 7.05 Å². The molecule has 2 aromatic rings. The van der Waals surface area contributed by atoms with Crippen molar-refractivity contribution in [2.24, 2.45) is 5.10 Å². The Morgan fingerprint density at radius 2 is 1.85 bits per heavy atom. The number of rotatable bonds is 2. The smallest absolute Gasteiger partial charge is 0.427 e. The molecule has 0 radical (unpaired) electrons. The molecule has 0 amide bonds. The van der Waals surface area contributed by atoms with Gasteiger partial charge in [-0.25, -0.2) is 0 Å². The van der Waals surface area contributed by atoms with Crippen LogP contribution in [0.5, 0.6) is 0 Å². The average molecular weight is 285 g/mol. The summed E-state index contributed by atoms with van der Waals surface area (Å²) in [6.07, 6.45) is 0.813. The summed E-state index contributed by atoms with van der Waals surface area (Å²) in [5, 5.41) is 15.8. The summed E-state index contributed by atoms with van der Waals surface area (Å²) in [4.78, 5) is 1.64. The molecule has 1 aliphatic heterocycles. The highest BCUT2D eigenvalue weighted by atomic mass is 35.5. The van der Waals surface area contributed by atoms with Crippen LogP contribution in [0, 0.1) is 0 Å². The molecule has 20 heavy (non-hydrogen) atoms. The summed E-state index contributed by atoms with van der Waals surface area (Å²) >= 11 is 5.91. The zero-order valence-corrected chi connectivity index (χ0v) is 11.9. The lowest BCUT2D eigenvalue weighted by Crippen LogP contribution is -2.51. The second-order valence-corrected chi connectivity index (χ2v) is 5.12. The maximum atomic E-state index is 10.5. The summed E-state index contributed by atoms with van der Waals surface area (Å²) in [6, 6.07) is 15.1. The summed E-state index contributed by atoms with van der Waals surface area (Å²) in [6.45, 7) is 2.06. The Bertz CT molecular complexity index is 657. The standard InChI is InChI=1S/C15H14BClN2O/c1-2-15-13-5-3-4-6-14(13)16(20)19(18-15)12-9-7-11(17)8-10-12/h3-10,20H,2H2,1H3. The maximum absolute atomic E-state index is 10.5. The van der Waals surface area contributed by atoms with Gasteiger partial charge in [-0.2, -0.15) is 5.10 Å². The minimum Gasteiger partial charge on any atom is -0.427 e. The molecule has 3 rings (SSSR count). The Morgan fingerprint density at radius 3 is 2.55 bits per heavy atom. The molecule has 0 aliphatic carbocycles. The summed E-state index contributed by atoms with van der Waals surface area (Å²) in [5.41, 5.74) is 3.70. The van der Waals surface area contributed by atoms with Crippen LogP contribution in [0.3, 0.4) is 0 Å². The van der Waals surface area contributed by atoms with Crippen LogP contribution in [0.4, 0.5) is 5.69 Å². The lowest BCUT2D eigenvalue weighted by atomic mass is 9.68.